The molecule has 2 amide bonds. The molecular formula is C24H24ClN4O3+. The van der Waals surface area contributed by atoms with Crippen LogP contribution in [-0.4, -0.2) is 32.5 Å². The summed E-state index contributed by atoms with van der Waals surface area (Å²) in [4.78, 5) is 41.6. The number of aromatic nitrogens is 3. The van der Waals surface area contributed by atoms with Gasteiger partial charge in [-0.15, -0.1) is 0 Å². The fourth-order valence-corrected chi connectivity index (χ4v) is 4.10. The summed E-state index contributed by atoms with van der Waals surface area (Å²) >= 11 is 5.99. The highest BCUT2D eigenvalue weighted by molar-refractivity contribution is 6.44. The van der Waals surface area contributed by atoms with Crippen LogP contribution in [0.4, 0.5) is 0 Å². The van der Waals surface area contributed by atoms with Crippen LogP contribution < -0.4 is 10.1 Å². The number of pyridine rings is 1. The Balaban J connectivity index is 2.02. The number of aromatic amines is 1. The molecule has 2 aromatic heterocycles. The zero-order valence-corrected chi connectivity index (χ0v) is 19.1. The lowest BCUT2D eigenvalue weighted by Gasteiger charge is -2.17. The Kier molecular flexibility index (Phi) is 5.60. The van der Waals surface area contributed by atoms with Crippen LogP contribution in [0, 0.1) is 6.92 Å². The van der Waals surface area contributed by atoms with Gasteiger partial charge in [-0.25, -0.2) is 4.68 Å². The second kappa shape index (κ2) is 8.24. The molecule has 1 aromatic carbocycles. The number of hydrogen-bond donors (Lipinski definition) is 1. The topological polar surface area (TPSA) is 79.1 Å². The molecule has 0 fully saturated rings. The number of halogens is 1. The van der Waals surface area contributed by atoms with Gasteiger partial charge in [0.1, 0.15) is 5.57 Å². The smallest absolute Gasteiger partial charge is 0.294 e. The molecule has 0 aliphatic carbocycles. The summed E-state index contributed by atoms with van der Waals surface area (Å²) in [5, 5.41) is 3.66. The van der Waals surface area contributed by atoms with Crippen molar-refractivity contribution < 1.29 is 14.2 Å². The van der Waals surface area contributed by atoms with Crippen LogP contribution in [0.25, 0.3) is 17.0 Å². The van der Waals surface area contributed by atoms with Crippen molar-refractivity contribution in [2.75, 3.05) is 0 Å². The first-order valence-electron chi connectivity index (χ1n) is 10.4. The number of carbonyl (C=O) groups excluding carboxylic acids is 2. The van der Waals surface area contributed by atoms with E-state index in [1.807, 2.05) is 19.9 Å². The molecule has 1 aliphatic heterocycles. The van der Waals surface area contributed by atoms with Gasteiger partial charge in [0.15, 0.2) is 12.4 Å². The number of rotatable bonds is 5. The van der Waals surface area contributed by atoms with Gasteiger partial charge in [-0.05, 0) is 57.5 Å². The molecule has 0 radical (unpaired) electrons. The van der Waals surface area contributed by atoms with Crippen LogP contribution in [0.2, 0.25) is 5.02 Å². The molecule has 4 rings (SSSR count). The molecule has 0 bridgehead atoms. The van der Waals surface area contributed by atoms with Crippen LogP contribution in [0.5, 0.6) is 0 Å². The fraction of sp³-hybridized carbons (Fsp3) is 0.250. The maximum Gasteiger partial charge on any atom is 0.327 e. The van der Waals surface area contributed by atoms with Crippen LogP contribution in [0.3, 0.4) is 0 Å². The van der Waals surface area contributed by atoms with Crippen molar-refractivity contribution in [1.82, 2.24) is 14.7 Å². The van der Waals surface area contributed by atoms with Gasteiger partial charge in [-0.1, -0.05) is 18.5 Å². The summed E-state index contributed by atoms with van der Waals surface area (Å²) in [6, 6.07) is 10.2. The van der Waals surface area contributed by atoms with E-state index in [1.54, 1.807) is 61.1 Å². The zero-order valence-electron chi connectivity index (χ0n) is 18.3. The average molecular weight is 452 g/mol. The van der Waals surface area contributed by atoms with Crippen molar-refractivity contribution in [1.29, 1.82) is 0 Å². The van der Waals surface area contributed by atoms with Crippen molar-refractivity contribution >= 4 is 34.7 Å². The number of nitrogens with one attached hydrogen (secondary N) is 1. The highest BCUT2D eigenvalue weighted by atomic mass is 35.5. The van der Waals surface area contributed by atoms with Gasteiger partial charge in [-0.3, -0.25) is 24.4 Å². The third-order valence-electron chi connectivity index (χ3n) is 5.47. The van der Waals surface area contributed by atoms with Gasteiger partial charge in [0.25, 0.3) is 17.2 Å². The van der Waals surface area contributed by atoms with E-state index in [9.17, 15) is 14.4 Å². The van der Waals surface area contributed by atoms with E-state index in [1.165, 1.54) is 9.58 Å². The summed E-state index contributed by atoms with van der Waals surface area (Å²) in [6.45, 7) is 7.35. The molecule has 1 aliphatic rings. The number of nitrogens with zero attached hydrogens (tertiary/aromatic N) is 3. The van der Waals surface area contributed by atoms with Crippen molar-refractivity contribution in [3.05, 3.63) is 81.0 Å². The molecule has 0 spiro atoms. The summed E-state index contributed by atoms with van der Waals surface area (Å²) in [5.74, 6) is -0.889. The monoisotopic (exact) mass is 451 g/mol. The van der Waals surface area contributed by atoms with Gasteiger partial charge in [0, 0.05) is 28.4 Å². The summed E-state index contributed by atoms with van der Waals surface area (Å²) in [6.07, 6.45) is 3.97. The highest BCUT2D eigenvalue weighted by Crippen LogP contribution is 2.31. The number of benzene rings is 1. The first kappa shape index (κ1) is 21.8. The molecular weight excluding hydrogens is 428 g/mol. The molecule has 32 heavy (non-hydrogen) atoms. The molecule has 0 unspecified atom stereocenters. The first-order valence-corrected chi connectivity index (χ1v) is 10.8. The van der Waals surface area contributed by atoms with Crippen molar-refractivity contribution in [2.45, 2.75) is 40.2 Å². The van der Waals surface area contributed by atoms with E-state index < -0.39 is 17.4 Å². The van der Waals surface area contributed by atoms with Gasteiger partial charge >= 0.3 is 5.91 Å². The van der Waals surface area contributed by atoms with Gasteiger partial charge in [-0.2, -0.15) is 4.57 Å². The van der Waals surface area contributed by atoms with Crippen molar-refractivity contribution in [2.24, 2.45) is 0 Å². The summed E-state index contributed by atoms with van der Waals surface area (Å²) < 4.78 is 3.01. The predicted molar refractivity (Wildman–Crippen MR) is 122 cm³/mol. The minimum absolute atomic E-state index is 0.116. The Hall–Kier alpha value is -3.45. The number of hydrogen-bond acceptors (Lipinski definition) is 3. The van der Waals surface area contributed by atoms with E-state index in [-0.39, 0.29) is 22.9 Å². The second-order valence-electron chi connectivity index (χ2n) is 8.02. The Morgan fingerprint density at radius 2 is 1.75 bits per heavy atom. The summed E-state index contributed by atoms with van der Waals surface area (Å²) in [5.41, 5.74) is 2.21. The minimum atomic E-state index is -0.469. The minimum Gasteiger partial charge on any atom is -0.294 e. The average Bonchev–Trinajstić information content (AvgIpc) is 3.21. The maximum absolute atomic E-state index is 13.6. The quantitative estimate of drug-likeness (QED) is 0.478. The second-order valence-corrected chi connectivity index (χ2v) is 8.46. The molecule has 0 atom stereocenters. The van der Waals surface area contributed by atoms with E-state index in [4.69, 9.17) is 11.6 Å². The molecule has 0 saturated carbocycles. The Bertz CT molecular complexity index is 1320. The van der Waals surface area contributed by atoms with Crippen molar-refractivity contribution in [3.8, 4) is 5.69 Å². The lowest BCUT2D eigenvalue weighted by atomic mass is 10.0. The Morgan fingerprint density at radius 3 is 2.34 bits per heavy atom. The van der Waals surface area contributed by atoms with Crippen LogP contribution in [-0.2, 0) is 16.0 Å². The number of aryl methyl sites for hydroxylation is 2. The summed E-state index contributed by atoms with van der Waals surface area (Å²) in [7, 11) is 0. The third kappa shape index (κ3) is 3.48. The van der Waals surface area contributed by atoms with Gasteiger partial charge in [0.2, 0.25) is 0 Å². The maximum atomic E-state index is 13.6. The molecule has 3 heterocycles. The highest BCUT2D eigenvalue weighted by Gasteiger charge is 2.48. The molecule has 7 nitrogen and oxygen atoms in total. The van der Waals surface area contributed by atoms with Crippen LogP contribution in [0.15, 0.2) is 53.6 Å². The standard InChI is InChI=1S/C24H23ClN4O3/c1-5-18-19(23(31)29(26-18)17-10-8-16(25)9-11-17)20-21(27-12-6-7-15(4)13-27)24(32)28(14(2)3)22(20)30/h6-14H,5H2,1-4H3/p+1. The van der Waals surface area contributed by atoms with E-state index in [2.05, 4.69) is 5.10 Å². The van der Waals surface area contributed by atoms with Crippen molar-refractivity contribution in [3.63, 3.8) is 0 Å². The zero-order chi connectivity index (χ0) is 23.2. The Labute approximate surface area is 190 Å². The molecule has 3 aromatic rings. The molecule has 0 saturated heterocycles. The predicted octanol–water partition coefficient (Wildman–Crippen LogP) is 3.12. The SMILES string of the molecule is CCc1[nH]n(-c2ccc(Cl)cc2)c(=O)c1C1=C([n+]2cccc(C)c2)C(=O)N(C(C)C)C1=O. The number of H-pyrrole nitrogens is 1. The lowest BCUT2D eigenvalue weighted by Crippen LogP contribution is -2.42. The number of imide groups is 1. The molecule has 1 N–H and O–H groups in total. The largest absolute Gasteiger partial charge is 0.327 e. The normalized spacial score (nSPS) is 14.2. The number of carbonyl (C=O) groups is 2. The molecule has 164 valence electrons. The fourth-order valence-electron chi connectivity index (χ4n) is 3.97. The van der Waals surface area contributed by atoms with E-state index in [0.29, 0.717) is 22.8 Å². The van der Waals surface area contributed by atoms with Gasteiger partial charge in [0.05, 0.1) is 11.3 Å². The van der Waals surface area contributed by atoms with E-state index in [0.717, 1.165) is 5.56 Å². The Morgan fingerprint density at radius 1 is 1.06 bits per heavy atom. The van der Waals surface area contributed by atoms with E-state index >= 15 is 0 Å². The van der Waals surface area contributed by atoms with Gasteiger partial charge < -0.3 is 0 Å². The first-order chi connectivity index (χ1) is 15.2. The number of amides is 2. The molecule has 8 heteroatoms. The third-order valence-corrected chi connectivity index (χ3v) is 5.72. The van der Waals surface area contributed by atoms with Crippen LogP contribution in [0.1, 0.15) is 37.6 Å². The van der Waals surface area contributed by atoms with Crippen LogP contribution >= 0.6 is 11.6 Å². The lowest BCUT2D eigenvalue weighted by molar-refractivity contribution is -0.577.